The summed E-state index contributed by atoms with van der Waals surface area (Å²) in [5, 5.41) is 8.83. The second-order valence-electron chi connectivity index (χ2n) is 4.93. The first-order valence-corrected chi connectivity index (χ1v) is 6.83. The molecule has 0 spiro atoms. The van der Waals surface area contributed by atoms with Crippen molar-refractivity contribution in [2.75, 3.05) is 26.3 Å². The normalized spacial score (nSPS) is 18.9. The number of aliphatic carboxylic acids is 1. The van der Waals surface area contributed by atoms with E-state index in [1.807, 2.05) is 18.2 Å². The third kappa shape index (κ3) is 4.65. The molecule has 19 heavy (non-hydrogen) atoms. The highest BCUT2D eigenvalue weighted by Gasteiger charge is 2.23. The number of hydrogen-bond acceptors (Lipinski definition) is 3. The zero-order chi connectivity index (χ0) is 13.5. The Labute approximate surface area is 114 Å². The SMILES string of the molecule is O=C(O)CCN(CCc1ccccc1)C1CCOC1. The van der Waals surface area contributed by atoms with Gasteiger partial charge in [-0.25, -0.2) is 0 Å². The van der Waals surface area contributed by atoms with Crippen LogP contribution in [0.3, 0.4) is 0 Å². The third-order valence-electron chi connectivity index (χ3n) is 3.57. The van der Waals surface area contributed by atoms with Crippen molar-refractivity contribution in [1.29, 1.82) is 0 Å². The van der Waals surface area contributed by atoms with Crippen LogP contribution in [-0.4, -0.2) is 48.3 Å². The molecule has 1 atom stereocenters. The third-order valence-corrected chi connectivity index (χ3v) is 3.57. The van der Waals surface area contributed by atoms with Crippen LogP contribution < -0.4 is 0 Å². The molecular formula is C15H21NO3. The minimum Gasteiger partial charge on any atom is -0.481 e. The van der Waals surface area contributed by atoms with Crippen molar-refractivity contribution in [3.63, 3.8) is 0 Å². The molecule has 1 N–H and O–H groups in total. The Bertz CT molecular complexity index is 388. The van der Waals surface area contributed by atoms with Crippen LogP contribution in [0.5, 0.6) is 0 Å². The highest BCUT2D eigenvalue weighted by molar-refractivity contribution is 5.66. The Morgan fingerprint density at radius 3 is 2.74 bits per heavy atom. The lowest BCUT2D eigenvalue weighted by Crippen LogP contribution is -2.38. The molecule has 0 aliphatic carbocycles. The zero-order valence-electron chi connectivity index (χ0n) is 11.1. The highest BCUT2D eigenvalue weighted by Crippen LogP contribution is 2.14. The van der Waals surface area contributed by atoms with Gasteiger partial charge in [-0.05, 0) is 18.4 Å². The largest absolute Gasteiger partial charge is 0.481 e. The number of ether oxygens (including phenoxy) is 1. The molecule has 0 saturated carbocycles. The van der Waals surface area contributed by atoms with Gasteiger partial charge in [-0.2, -0.15) is 0 Å². The van der Waals surface area contributed by atoms with E-state index >= 15 is 0 Å². The van der Waals surface area contributed by atoms with Gasteiger partial charge in [-0.1, -0.05) is 30.3 Å². The molecule has 0 radical (unpaired) electrons. The van der Waals surface area contributed by atoms with Gasteiger partial charge in [0.25, 0.3) is 0 Å². The number of carbonyl (C=O) groups is 1. The Morgan fingerprint density at radius 1 is 1.32 bits per heavy atom. The maximum Gasteiger partial charge on any atom is 0.304 e. The fraction of sp³-hybridized carbons (Fsp3) is 0.533. The average molecular weight is 263 g/mol. The number of hydrogen-bond donors (Lipinski definition) is 1. The fourth-order valence-corrected chi connectivity index (χ4v) is 2.44. The van der Waals surface area contributed by atoms with Gasteiger partial charge < -0.3 is 9.84 Å². The van der Waals surface area contributed by atoms with E-state index in [1.165, 1.54) is 5.56 Å². The molecule has 1 aromatic rings. The summed E-state index contributed by atoms with van der Waals surface area (Å²) in [6.07, 6.45) is 2.16. The zero-order valence-corrected chi connectivity index (χ0v) is 11.1. The molecule has 1 heterocycles. The van der Waals surface area contributed by atoms with Crippen LogP contribution in [-0.2, 0) is 16.0 Å². The molecule has 0 amide bonds. The standard InChI is InChI=1S/C15H21NO3/c17-15(18)7-10-16(14-8-11-19-12-14)9-6-13-4-2-1-3-5-13/h1-5,14H,6-12H2,(H,17,18). The lowest BCUT2D eigenvalue weighted by Gasteiger charge is -2.27. The van der Waals surface area contributed by atoms with Crippen LogP contribution in [0.4, 0.5) is 0 Å². The maximum absolute atomic E-state index is 10.7. The van der Waals surface area contributed by atoms with E-state index in [0.717, 1.165) is 32.6 Å². The van der Waals surface area contributed by atoms with Crippen molar-refractivity contribution in [3.05, 3.63) is 35.9 Å². The first-order valence-electron chi connectivity index (χ1n) is 6.83. The van der Waals surface area contributed by atoms with E-state index in [1.54, 1.807) is 0 Å². The van der Waals surface area contributed by atoms with Gasteiger partial charge in [-0.15, -0.1) is 0 Å². The minimum absolute atomic E-state index is 0.200. The monoisotopic (exact) mass is 263 g/mol. The number of carboxylic acid groups (broad SMARTS) is 1. The van der Waals surface area contributed by atoms with Gasteiger partial charge in [0, 0.05) is 25.7 Å². The molecule has 0 aromatic heterocycles. The molecule has 1 saturated heterocycles. The Hall–Kier alpha value is -1.39. The summed E-state index contributed by atoms with van der Waals surface area (Å²) in [7, 11) is 0. The lowest BCUT2D eigenvalue weighted by atomic mass is 10.1. The van der Waals surface area contributed by atoms with Gasteiger partial charge in [0.2, 0.25) is 0 Å². The summed E-state index contributed by atoms with van der Waals surface area (Å²) in [6.45, 7) is 3.02. The van der Waals surface area contributed by atoms with E-state index in [0.29, 0.717) is 12.6 Å². The summed E-state index contributed by atoms with van der Waals surface area (Å²) in [5.74, 6) is -0.733. The maximum atomic E-state index is 10.7. The van der Waals surface area contributed by atoms with E-state index in [-0.39, 0.29) is 6.42 Å². The predicted octanol–water partition coefficient (Wildman–Crippen LogP) is 1.79. The average Bonchev–Trinajstić information content (AvgIpc) is 2.93. The van der Waals surface area contributed by atoms with Gasteiger partial charge in [0.1, 0.15) is 0 Å². The van der Waals surface area contributed by atoms with Crippen LogP contribution in [0.25, 0.3) is 0 Å². The van der Waals surface area contributed by atoms with Crippen molar-refractivity contribution in [2.45, 2.75) is 25.3 Å². The number of benzene rings is 1. The molecule has 2 rings (SSSR count). The smallest absolute Gasteiger partial charge is 0.304 e. The van der Waals surface area contributed by atoms with Gasteiger partial charge in [0.05, 0.1) is 13.0 Å². The van der Waals surface area contributed by atoms with Crippen LogP contribution >= 0.6 is 0 Å². The molecule has 1 unspecified atom stereocenters. The summed E-state index contributed by atoms with van der Waals surface area (Å²) in [5.41, 5.74) is 1.29. The van der Waals surface area contributed by atoms with Crippen molar-refractivity contribution >= 4 is 5.97 Å². The minimum atomic E-state index is -0.733. The van der Waals surface area contributed by atoms with Crippen LogP contribution in [0.1, 0.15) is 18.4 Å². The van der Waals surface area contributed by atoms with Gasteiger partial charge >= 0.3 is 5.97 Å². The Morgan fingerprint density at radius 2 is 2.11 bits per heavy atom. The Balaban J connectivity index is 1.87. The molecule has 1 aliphatic rings. The fourth-order valence-electron chi connectivity index (χ4n) is 2.44. The number of nitrogens with zero attached hydrogens (tertiary/aromatic N) is 1. The van der Waals surface area contributed by atoms with Gasteiger partial charge in [-0.3, -0.25) is 9.69 Å². The Kier molecular flexibility index (Phi) is 5.36. The van der Waals surface area contributed by atoms with Crippen LogP contribution in [0, 0.1) is 0 Å². The van der Waals surface area contributed by atoms with Crippen LogP contribution in [0.2, 0.25) is 0 Å². The summed E-state index contributed by atoms with van der Waals surface area (Å²) >= 11 is 0. The van der Waals surface area contributed by atoms with Crippen molar-refractivity contribution in [1.82, 2.24) is 4.90 Å². The summed E-state index contributed by atoms with van der Waals surface area (Å²) in [6, 6.07) is 10.7. The molecule has 104 valence electrons. The highest BCUT2D eigenvalue weighted by atomic mass is 16.5. The van der Waals surface area contributed by atoms with Crippen LogP contribution in [0.15, 0.2) is 30.3 Å². The summed E-state index contributed by atoms with van der Waals surface area (Å²) in [4.78, 5) is 13.0. The summed E-state index contributed by atoms with van der Waals surface area (Å²) < 4.78 is 5.41. The second-order valence-corrected chi connectivity index (χ2v) is 4.93. The van der Waals surface area contributed by atoms with Crippen molar-refractivity contribution in [3.8, 4) is 0 Å². The van der Waals surface area contributed by atoms with E-state index < -0.39 is 5.97 Å². The van der Waals surface area contributed by atoms with Crippen molar-refractivity contribution in [2.24, 2.45) is 0 Å². The molecular weight excluding hydrogens is 242 g/mol. The van der Waals surface area contributed by atoms with Crippen molar-refractivity contribution < 1.29 is 14.6 Å². The molecule has 4 heteroatoms. The topological polar surface area (TPSA) is 49.8 Å². The first kappa shape index (κ1) is 14.0. The van der Waals surface area contributed by atoms with E-state index in [2.05, 4.69) is 17.0 Å². The number of rotatable bonds is 7. The van der Waals surface area contributed by atoms with Gasteiger partial charge in [0.15, 0.2) is 0 Å². The molecule has 0 bridgehead atoms. The van der Waals surface area contributed by atoms with E-state index in [4.69, 9.17) is 9.84 Å². The molecule has 1 aromatic carbocycles. The van der Waals surface area contributed by atoms with E-state index in [9.17, 15) is 4.79 Å². The first-order chi connectivity index (χ1) is 9.25. The second kappa shape index (κ2) is 7.26. The lowest BCUT2D eigenvalue weighted by molar-refractivity contribution is -0.137. The number of carboxylic acids is 1. The molecule has 4 nitrogen and oxygen atoms in total. The molecule has 1 aliphatic heterocycles. The molecule has 1 fully saturated rings. The quantitative estimate of drug-likeness (QED) is 0.815. The predicted molar refractivity (Wildman–Crippen MR) is 73.2 cm³/mol.